The molecule has 2 aromatic rings. The van der Waals surface area contributed by atoms with Gasteiger partial charge in [-0.1, -0.05) is 6.07 Å². The van der Waals surface area contributed by atoms with Crippen molar-refractivity contribution >= 4 is 17.5 Å². The highest BCUT2D eigenvalue weighted by Gasteiger charge is 2.20. The first-order valence-electron chi connectivity index (χ1n) is 8.20. The van der Waals surface area contributed by atoms with Crippen LogP contribution in [0.4, 0.5) is 10.1 Å². The molecule has 26 heavy (non-hydrogen) atoms. The molecule has 0 aliphatic carbocycles. The summed E-state index contributed by atoms with van der Waals surface area (Å²) in [6.07, 6.45) is 0. The van der Waals surface area contributed by atoms with E-state index in [0.717, 1.165) is 0 Å². The fourth-order valence-electron chi connectivity index (χ4n) is 2.75. The summed E-state index contributed by atoms with van der Waals surface area (Å²) in [6.45, 7) is 2.51. The number of hydrogen-bond acceptors (Lipinski definition) is 4. The van der Waals surface area contributed by atoms with Gasteiger partial charge in [-0.2, -0.15) is 0 Å². The van der Waals surface area contributed by atoms with Crippen LogP contribution in [0.3, 0.4) is 0 Å². The van der Waals surface area contributed by atoms with Crippen LogP contribution in [0.1, 0.15) is 22.8 Å². The van der Waals surface area contributed by atoms with E-state index in [2.05, 4.69) is 5.32 Å². The minimum absolute atomic E-state index is 0.0761. The van der Waals surface area contributed by atoms with Crippen molar-refractivity contribution < 1.29 is 23.5 Å². The largest absolute Gasteiger partial charge is 0.494 e. The molecule has 0 radical (unpaired) electrons. The fourth-order valence-corrected chi connectivity index (χ4v) is 2.75. The maximum absolute atomic E-state index is 13.9. The molecule has 0 saturated carbocycles. The average Bonchev–Trinajstić information content (AvgIpc) is 2.65. The summed E-state index contributed by atoms with van der Waals surface area (Å²) >= 11 is 0. The Morgan fingerprint density at radius 1 is 1.31 bits per heavy atom. The standard InChI is InChI=1S/C19H19FN2O4/c1-3-22(10-12-4-7-16(25-2)14(20)8-12)19(24)13-5-6-15-17(9-13)26-11-18(23)21-15/h4-9H,3,10-11H2,1-2H3,(H,21,23). The minimum atomic E-state index is -0.466. The number of nitrogens with one attached hydrogen (secondary N) is 1. The van der Waals surface area contributed by atoms with Gasteiger partial charge in [-0.3, -0.25) is 9.59 Å². The normalized spacial score (nSPS) is 12.7. The second-order valence-corrected chi connectivity index (χ2v) is 5.84. The number of halogens is 1. The summed E-state index contributed by atoms with van der Waals surface area (Å²) < 4.78 is 24.1. The van der Waals surface area contributed by atoms with E-state index >= 15 is 0 Å². The van der Waals surface area contributed by atoms with Crippen molar-refractivity contribution in [3.63, 3.8) is 0 Å². The van der Waals surface area contributed by atoms with Gasteiger partial charge in [0.25, 0.3) is 11.8 Å². The zero-order valence-corrected chi connectivity index (χ0v) is 14.5. The Labute approximate surface area is 150 Å². The second kappa shape index (κ2) is 7.43. The van der Waals surface area contributed by atoms with Gasteiger partial charge in [-0.15, -0.1) is 0 Å². The van der Waals surface area contributed by atoms with Crippen molar-refractivity contribution in [2.45, 2.75) is 13.5 Å². The van der Waals surface area contributed by atoms with Crippen LogP contribution in [0.5, 0.6) is 11.5 Å². The van der Waals surface area contributed by atoms with Gasteiger partial charge < -0.3 is 19.7 Å². The van der Waals surface area contributed by atoms with Crippen LogP contribution in [-0.4, -0.2) is 37.0 Å². The molecule has 0 unspecified atom stereocenters. The maximum atomic E-state index is 13.9. The topological polar surface area (TPSA) is 67.9 Å². The maximum Gasteiger partial charge on any atom is 0.262 e. The van der Waals surface area contributed by atoms with Gasteiger partial charge >= 0.3 is 0 Å². The smallest absolute Gasteiger partial charge is 0.262 e. The van der Waals surface area contributed by atoms with Crippen molar-refractivity contribution in [2.24, 2.45) is 0 Å². The number of benzene rings is 2. The number of ether oxygens (including phenoxy) is 2. The summed E-state index contributed by atoms with van der Waals surface area (Å²) in [4.78, 5) is 25.7. The van der Waals surface area contributed by atoms with Gasteiger partial charge in [-0.05, 0) is 42.8 Å². The molecule has 3 rings (SSSR count). The molecule has 0 fully saturated rings. The third-order valence-corrected chi connectivity index (χ3v) is 4.12. The van der Waals surface area contributed by atoms with Crippen molar-refractivity contribution in [3.05, 3.63) is 53.3 Å². The highest BCUT2D eigenvalue weighted by atomic mass is 19.1. The summed E-state index contributed by atoms with van der Waals surface area (Å²) in [7, 11) is 1.40. The SMILES string of the molecule is CCN(Cc1ccc(OC)c(F)c1)C(=O)c1ccc2c(c1)OCC(=O)N2. The molecule has 0 bridgehead atoms. The Morgan fingerprint density at radius 2 is 2.12 bits per heavy atom. The third-order valence-electron chi connectivity index (χ3n) is 4.12. The molecule has 2 amide bonds. The van der Waals surface area contributed by atoms with Gasteiger partial charge in [0.05, 0.1) is 12.8 Å². The van der Waals surface area contributed by atoms with E-state index in [1.54, 1.807) is 35.2 Å². The van der Waals surface area contributed by atoms with E-state index in [9.17, 15) is 14.0 Å². The first-order chi connectivity index (χ1) is 12.5. The zero-order chi connectivity index (χ0) is 18.7. The number of methoxy groups -OCH3 is 1. The number of carbonyl (C=O) groups is 2. The lowest BCUT2D eigenvalue weighted by Crippen LogP contribution is -2.31. The summed E-state index contributed by atoms with van der Waals surface area (Å²) in [5.41, 5.74) is 1.65. The quantitative estimate of drug-likeness (QED) is 0.892. The summed E-state index contributed by atoms with van der Waals surface area (Å²) in [5, 5.41) is 2.68. The lowest BCUT2D eigenvalue weighted by atomic mass is 10.1. The number of carbonyl (C=O) groups excluding carboxylic acids is 2. The number of anilines is 1. The van der Waals surface area contributed by atoms with E-state index in [0.29, 0.717) is 29.1 Å². The molecular formula is C19H19FN2O4. The molecule has 1 aliphatic rings. The highest BCUT2D eigenvalue weighted by Crippen LogP contribution is 2.29. The molecule has 0 aromatic heterocycles. The molecule has 0 spiro atoms. The van der Waals surface area contributed by atoms with Crippen LogP contribution in [0.2, 0.25) is 0 Å². The molecule has 0 atom stereocenters. The number of fused-ring (bicyclic) bond motifs is 1. The number of rotatable bonds is 5. The monoisotopic (exact) mass is 358 g/mol. The Hall–Kier alpha value is -3.09. The van der Waals surface area contributed by atoms with E-state index in [-0.39, 0.29) is 30.7 Å². The van der Waals surface area contributed by atoms with Crippen molar-refractivity contribution in [1.82, 2.24) is 4.90 Å². The highest BCUT2D eigenvalue weighted by molar-refractivity contribution is 5.99. The number of amides is 2. The first kappa shape index (κ1) is 17.7. The molecular weight excluding hydrogens is 339 g/mol. The van der Waals surface area contributed by atoms with Gasteiger partial charge in [0.15, 0.2) is 18.2 Å². The number of nitrogens with zero attached hydrogens (tertiary/aromatic N) is 1. The minimum Gasteiger partial charge on any atom is -0.494 e. The van der Waals surface area contributed by atoms with Crippen molar-refractivity contribution in [2.75, 3.05) is 25.6 Å². The Kier molecular flexibility index (Phi) is 5.06. The van der Waals surface area contributed by atoms with Crippen LogP contribution in [-0.2, 0) is 11.3 Å². The van der Waals surface area contributed by atoms with Gasteiger partial charge in [0.2, 0.25) is 0 Å². The fraction of sp³-hybridized carbons (Fsp3) is 0.263. The predicted molar refractivity (Wildman–Crippen MR) is 93.9 cm³/mol. The number of hydrogen-bond donors (Lipinski definition) is 1. The molecule has 1 aliphatic heterocycles. The van der Waals surface area contributed by atoms with Crippen LogP contribution in [0.15, 0.2) is 36.4 Å². The Morgan fingerprint density at radius 3 is 2.81 bits per heavy atom. The molecule has 1 heterocycles. The van der Waals surface area contributed by atoms with E-state index in [1.165, 1.54) is 13.2 Å². The van der Waals surface area contributed by atoms with Gasteiger partial charge in [0, 0.05) is 18.7 Å². The third kappa shape index (κ3) is 3.61. The lowest BCUT2D eigenvalue weighted by Gasteiger charge is -2.23. The van der Waals surface area contributed by atoms with Crippen LogP contribution >= 0.6 is 0 Å². The van der Waals surface area contributed by atoms with E-state index in [4.69, 9.17) is 9.47 Å². The van der Waals surface area contributed by atoms with E-state index in [1.807, 2.05) is 6.92 Å². The molecule has 136 valence electrons. The van der Waals surface area contributed by atoms with Crippen LogP contribution < -0.4 is 14.8 Å². The summed E-state index contributed by atoms with van der Waals surface area (Å²) in [5.74, 6) is -0.272. The van der Waals surface area contributed by atoms with Crippen LogP contribution in [0, 0.1) is 5.82 Å². The molecule has 1 N–H and O–H groups in total. The van der Waals surface area contributed by atoms with Crippen LogP contribution in [0.25, 0.3) is 0 Å². The van der Waals surface area contributed by atoms with Gasteiger partial charge in [0.1, 0.15) is 5.75 Å². The zero-order valence-electron chi connectivity index (χ0n) is 14.5. The predicted octanol–water partition coefficient (Wildman–Crippen LogP) is 2.83. The molecule has 7 heteroatoms. The molecule has 0 saturated heterocycles. The average molecular weight is 358 g/mol. The molecule has 2 aromatic carbocycles. The van der Waals surface area contributed by atoms with E-state index < -0.39 is 5.82 Å². The Balaban J connectivity index is 1.79. The second-order valence-electron chi connectivity index (χ2n) is 5.84. The van der Waals surface area contributed by atoms with Crippen molar-refractivity contribution in [3.8, 4) is 11.5 Å². The van der Waals surface area contributed by atoms with Gasteiger partial charge in [-0.25, -0.2) is 4.39 Å². The first-order valence-corrected chi connectivity index (χ1v) is 8.20. The Bertz CT molecular complexity index is 853. The van der Waals surface area contributed by atoms with Crippen molar-refractivity contribution in [1.29, 1.82) is 0 Å². The lowest BCUT2D eigenvalue weighted by molar-refractivity contribution is -0.118. The molecule has 6 nitrogen and oxygen atoms in total. The summed E-state index contributed by atoms with van der Waals surface area (Å²) in [6, 6.07) is 9.50.